The zero-order valence-corrected chi connectivity index (χ0v) is 15.5. The summed E-state index contributed by atoms with van der Waals surface area (Å²) >= 11 is 0. The van der Waals surface area contributed by atoms with Crippen molar-refractivity contribution in [2.75, 3.05) is 0 Å². The molecule has 156 valence electrons. The van der Waals surface area contributed by atoms with Crippen molar-refractivity contribution < 1.29 is 27.1 Å². The van der Waals surface area contributed by atoms with E-state index in [-0.39, 0.29) is 17.1 Å². The van der Waals surface area contributed by atoms with Crippen LogP contribution in [0.1, 0.15) is 29.0 Å². The minimum atomic E-state index is -5.02. The highest BCUT2D eigenvalue weighted by Gasteiger charge is 2.32. The maximum Gasteiger partial charge on any atom is 0.573 e. The molecule has 3 rings (SSSR count). The van der Waals surface area contributed by atoms with E-state index in [1.807, 2.05) is 0 Å². The van der Waals surface area contributed by atoms with Crippen LogP contribution in [0, 0.1) is 5.82 Å². The van der Waals surface area contributed by atoms with Crippen molar-refractivity contribution in [2.24, 2.45) is 0 Å². The van der Waals surface area contributed by atoms with Crippen LogP contribution in [0.15, 0.2) is 59.4 Å². The maximum atomic E-state index is 13.9. The molecule has 2 N–H and O–H groups in total. The van der Waals surface area contributed by atoms with Crippen LogP contribution in [0.5, 0.6) is 5.75 Å². The number of hydrogen-bond acceptors (Lipinski definition) is 4. The Labute approximate surface area is 167 Å². The van der Waals surface area contributed by atoms with Crippen LogP contribution in [0.25, 0.3) is 11.4 Å². The Kier molecular flexibility index (Phi) is 5.86. The Hall–Kier alpha value is -3.69. The number of ether oxygens (including phenoxy) is 1. The Bertz CT molecular complexity index is 1110. The molecule has 30 heavy (non-hydrogen) atoms. The fourth-order valence-corrected chi connectivity index (χ4v) is 2.65. The summed E-state index contributed by atoms with van der Waals surface area (Å²) in [5.74, 6) is -2.72. The molecule has 0 radical (unpaired) electrons. The zero-order valence-electron chi connectivity index (χ0n) is 15.5. The van der Waals surface area contributed by atoms with E-state index in [1.165, 1.54) is 13.0 Å². The van der Waals surface area contributed by atoms with Gasteiger partial charge in [0.2, 0.25) is 0 Å². The summed E-state index contributed by atoms with van der Waals surface area (Å²) in [6.07, 6.45) is -5.02. The van der Waals surface area contributed by atoms with Crippen molar-refractivity contribution in [3.63, 3.8) is 0 Å². The molecule has 1 unspecified atom stereocenters. The molecule has 0 aliphatic heterocycles. The molecule has 0 fully saturated rings. The highest BCUT2D eigenvalue weighted by Crippen LogP contribution is 2.27. The Morgan fingerprint density at radius 2 is 1.83 bits per heavy atom. The quantitative estimate of drug-likeness (QED) is 0.611. The largest absolute Gasteiger partial charge is 0.573 e. The van der Waals surface area contributed by atoms with Crippen LogP contribution in [-0.2, 0) is 0 Å². The van der Waals surface area contributed by atoms with Crippen LogP contribution in [0.4, 0.5) is 17.6 Å². The van der Waals surface area contributed by atoms with Gasteiger partial charge in [-0.3, -0.25) is 9.59 Å². The third-order valence-corrected chi connectivity index (χ3v) is 4.05. The van der Waals surface area contributed by atoms with Gasteiger partial charge in [0.05, 0.1) is 6.04 Å². The minimum Gasteiger partial charge on any atom is -0.403 e. The number of H-pyrrole nitrogens is 1. The molecule has 0 saturated carbocycles. The second kappa shape index (κ2) is 8.36. The van der Waals surface area contributed by atoms with E-state index in [2.05, 4.69) is 20.0 Å². The molecule has 2 aromatic carbocycles. The molecule has 0 bridgehead atoms. The van der Waals surface area contributed by atoms with Crippen LogP contribution in [0.2, 0.25) is 0 Å². The predicted molar refractivity (Wildman–Crippen MR) is 99.3 cm³/mol. The van der Waals surface area contributed by atoms with Crippen molar-refractivity contribution in [1.82, 2.24) is 15.3 Å². The molecule has 10 heteroatoms. The molecule has 0 aliphatic carbocycles. The first kappa shape index (κ1) is 21.0. The van der Waals surface area contributed by atoms with Gasteiger partial charge in [-0.1, -0.05) is 36.4 Å². The maximum absolute atomic E-state index is 13.9. The van der Waals surface area contributed by atoms with Gasteiger partial charge in [0.15, 0.2) is 11.6 Å². The number of halogens is 4. The number of carbonyl (C=O) groups excluding carboxylic acids is 1. The number of benzene rings is 2. The average molecular weight is 421 g/mol. The number of aromatic nitrogens is 2. The predicted octanol–water partition coefficient (Wildman–Crippen LogP) is 3.97. The van der Waals surface area contributed by atoms with Crippen LogP contribution in [-0.4, -0.2) is 22.2 Å². The summed E-state index contributed by atoms with van der Waals surface area (Å²) in [7, 11) is 0. The van der Waals surface area contributed by atoms with Gasteiger partial charge in [-0.05, 0) is 24.6 Å². The molecule has 1 heterocycles. The topological polar surface area (TPSA) is 84.1 Å². The monoisotopic (exact) mass is 421 g/mol. The molecular weight excluding hydrogens is 406 g/mol. The second-order valence-corrected chi connectivity index (χ2v) is 6.28. The summed E-state index contributed by atoms with van der Waals surface area (Å²) in [5, 5.41) is 2.53. The van der Waals surface area contributed by atoms with Crippen molar-refractivity contribution in [1.29, 1.82) is 0 Å². The number of hydrogen-bond donors (Lipinski definition) is 2. The van der Waals surface area contributed by atoms with Crippen molar-refractivity contribution in [3.05, 3.63) is 82.0 Å². The molecule has 1 atom stereocenters. The normalized spacial score (nSPS) is 12.3. The van der Waals surface area contributed by atoms with Gasteiger partial charge in [0.25, 0.3) is 11.5 Å². The van der Waals surface area contributed by atoms with Gasteiger partial charge in [0, 0.05) is 11.6 Å². The van der Waals surface area contributed by atoms with Gasteiger partial charge < -0.3 is 15.0 Å². The summed E-state index contributed by atoms with van der Waals surface area (Å²) in [6.45, 7) is 1.50. The first-order valence-corrected chi connectivity index (χ1v) is 8.65. The number of carbonyl (C=O) groups is 1. The lowest BCUT2D eigenvalue weighted by atomic mass is 10.1. The molecule has 1 amide bonds. The average Bonchev–Trinajstić information content (AvgIpc) is 2.68. The number of aromatic amines is 1. The molecule has 0 spiro atoms. The molecule has 0 saturated heterocycles. The zero-order chi connectivity index (χ0) is 21.9. The lowest BCUT2D eigenvalue weighted by Gasteiger charge is -2.16. The lowest BCUT2D eigenvalue weighted by Crippen LogP contribution is -2.29. The first-order valence-electron chi connectivity index (χ1n) is 8.65. The van der Waals surface area contributed by atoms with Gasteiger partial charge in [-0.15, -0.1) is 13.2 Å². The number of rotatable bonds is 5. The highest BCUT2D eigenvalue weighted by molar-refractivity contribution is 5.92. The molecule has 0 aliphatic rings. The highest BCUT2D eigenvalue weighted by atomic mass is 19.4. The molecular formula is C20H15F4N3O3. The van der Waals surface area contributed by atoms with E-state index in [0.29, 0.717) is 5.56 Å². The summed E-state index contributed by atoms with van der Waals surface area (Å²) in [4.78, 5) is 31.1. The number of amides is 1. The number of nitrogens with zero attached hydrogens (tertiary/aromatic N) is 1. The van der Waals surface area contributed by atoms with Gasteiger partial charge in [-0.25, -0.2) is 9.37 Å². The van der Waals surface area contributed by atoms with Gasteiger partial charge >= 0.3 is 6.36 Å². The van der Waals surface area contributed by atoms with E-state index in [0.717, 1.165) is 18.2 Å². The summed E-state index contributed by atoms with van der Waals surface area (Å²) in [6, 6.07) is 11.7. The molecule has 3 aromatic rings. The Balaban J connectivity index is 1.78. The van der Waals surface area contributed by atoms with Crippen LogP contribution < -0.4 is 15.6 Å². The van der Waals surface area contributed by atoms with Gasteiger partial charge in [0.1, 0.15) is 11.5 Å². The lowest BCUT2D eigenvalue weighted by molar-refractivity contribution is -0.275. The van der Waals surface area contributed by atoms with Gasteiger partial charge in [-0.2, -0.15) is 0 Å². The van der Waals surface area contributed by atoms with Crippen LogP contribution in [0.3, 0.4) is 0 Å². The smallest absolute Gasteiger partial charge is 0.403 e. The third kappa shape index (κ3) is 5.22. The Morgan fingerprint density at radius 3 is 2.47 bits per heavy atom. The molecule has 6 nitrogen and oxygen atoms in total. The van der Waals surface area contributed by atoms with E-state index in [9.17, 15) is 27.2 Å². The fraction of sp³-hybridized carbons (Fsp3) is 0.150. The van der Waals surface area contributed by atoms with E-state index < -0.39 is 35.4 Å². The van der Waals surface area contributed by atoms with Crippen molar-refractivity contribution in [2.45, 2.75) is 19.3 Å². The second-order valence-electron chi connectivity index (χ2n) is 6.28. The van der Waals surface area contributed by atoms with E-state index in [4.69, 9.17) is 0 Å². The van der Waals surface area contributed by atoms with Crippen molar-refractivity contribution >= 4 is 5.91 Å². The SMILES string of the molecule is CC(NC(=O)c1cc(=O)[nH]c(-c2ccccc2)n1)c1ccc(OC(F)(F)F)c(F)c1. The molecule has 1 aromatic heterocycles. The minimum absolute atomic E-state index is 0.165. The van der Waals surface area contributed by atoms with E-state index >= 15 is 0 Å². The Morgan fingerprint density at radius 1 is 1.13 bits per heavy atom. The summed E-state index contributed by atoms with van der Waals surface area (Å²) in [5.41, 5.74) is 0.0893. The third-order valence-electron chi connectivity index (χ3n) is 4.05. The van der Waals surface area contributed by atoms with E-state index in [1.54, 1.807) is 30.3 Å². The number of nitrogens with one attached hydrogen (secondary N) is 2. The standard InChI is InChI=1S/C20H15F4N3O3/c1-11(13-7-8-16(14(21)9-13)30-20(22,23)24)25-19(29)15-10-17(28)27-18(26-15)12-5-3-2-4-6-12/h2-11H,1H3,(H,25,29)(H,26,27,28). The summed E-state index contributed by atoms with van der Waals surface area (Å²) < 4.78 is 54.2. The van der Waals surface area contributed by atoms with Crippen LogP contribution >= 0.6 is 0 Å². The number of alkyl halides is 3. The van der Waals surface area contributed by atoms with Crippen molar-refractivity contribution in [3.8, 4) is 17.1 Å². The first-order chi connectivity index (χ1) is 14.1. The fourth-order valence-electron chi connectivity index (χ4n) is 2.65.